The average Bonchev–Trinajstić information content (AvgIpc) is 3.01. The van der Waals surface area contributed by atoms with Gasteiger partial charge >= 0.3 is 5.97 Å². The van der Waals surface area contributed by atoms with Crippen molar-refractivity contribution in [1.82, 2.24) is 15.1 Å². The lowest BCUT2D eigenvalue weighted by Gasteiger charge is -2.02. The highest BCUT2D eigenvalue weighted by Crippen LogP contribution is 2.22. The molecule has 0 bridgehead atoms. The van der Waals surface area contributed by atoms with E-state index in [0.29, 0.717) is 11.4 Å². The van der Waals surface area contributed by atoms with Crippen molar-refractivity contribution in [3.63, 3.8) is 0 Å². The molecule has 2 heterocycles. The quantitative estimate of drug-likeness (QED) is 0.748. The molecule has 0 amide bonds. The summed E-state index contributed by atoms with van der Waals surface area (Å²) in [6.45, 7) is 5.71. The van der Waals surface area contributed by atoms with Gasteiger partial charge in [-0.15, -0.1) is 0 Å². The minimum atomic E-state index is -0.411. The molecule has 3 rings (SSSR count). The molecule has 21 heavy (non-hydrogen) atoms. The van der Waals surface area contributed by atoms with Crippen molar-refractivity contribution in [3.05, 3.63) is 46.7 Å². The molecule has 6 heteroatoms. The number of aromatic nitrogens is 3. The standard InChI is InChI=1S/C15H15N3O3/c1-8-9(2)16-13-5-4-11(6-12(8)13)15(19)20-7-14-17-10(3)18-21-14/h4-6,16H,7H2,1-3H3. The van der Waals surface area contributed by atoms with Crippen LogP contribution in [0.15, 0.2) is 22.7 Å². The second-order valence-corrected chi connectivity index (χ2v) is 4.95. The smallest absolute Gasteiger partial charge is 0.338 e. The van der Waals surface area contributed by atoms with Crippen molar-refractivity contribution in [2.45, 2.75) is 27.4 Å². The van der Waals surface area contributed by atoms with E-state index in [2.05, 4.69) is 15.1 Å². The molecule has 0 aliphatic rings. The molecule has 0 saturated heterocycles. The summed E-state index contributed by atoms with van der Waals surface area (Å²) in [4.78, 5) is 19.3. The zero-order valence-electron chi connectivity index (χ0n) is 12.1. The molecule has 0 spiro atoms. The number of esters is 1. The van der Waals surface area contributed by atoms with Crippen LogP contribution in [0.5, 0.6) is 0 Å². The normalized spacial score (nSPS) is 11.0. The first-order valence-corrected chi connectivity index (χ1v) is 6.60. The summed E-state index contributed by atoms with van der Waals surface area (Å²) in [7, 11) is 0. The molecule has 0 aliphatic heterocycles. The summed E-state index contributed by atoms with van der Waals surface area (Å²) in [6, 6.07) is 5.44. The van der Waals surface area contributed by atoms with Gasteiger partial charge < -0.3 is 14.2 Å². The van der Waals surface area contributed by atoms with Crippen molar-refractivity contribution in [3.8, 4) is 0 Å². The number of aromatic amines is 1. The molecule has 0 fully saturated rings. The molecule has 108 valence electrons. The zero-order chi connectivity index (χ0) is 15.0. The van der Waals surface area contributed by atoms with E-state index in [0.717, 1.165) is 22.2 Å². The lowest BCUT2D eigenvalue weighted by Crippen LogP contribution is -2.05. The first kappa shape index (κ1) is 13.4. The highest BCUT2D eigenvalue weighted by atomic mass is 16.6. The fourth-order valence-electron chi connectivity index (χ4n) is 2.20. The molecule has 0 saturated carbocycles. The number of nitrogens with one attached hydrogen (secondary N) is 1. The van der Waals surface area contributed by atoms with Gasteiger partial charge in [-0.2, -0.15) is 4.98 Å². The van der Waals surface area contributed by atoms with Crippen LogP contribution in [-0.2, 0) is 11.3 Å². The van der Waals surface area contributed by atoms with Crippen molar-refractivity contribution in [1.29, 1.82) is 0 Å². The largest absolute Gasteiger partial charge is 0.452 e. The number of fused-ring (bicyclic) bond motifs is 1. The van der Waals surface area contributed by atoms with E-state index in [1.807, 2.05) is 26.0 Å². The highest BCUT2D eigenvalue weighted by Gasteiger charge is 2.13. The lowest BCUT2D eigenvalue weighted by atomic mass is 10.1. The molecule has 0 atom stereocenters. The van der Waals surface area contributed by atoms with Gasteiger partial charge in [0.05, 0.1) is 5.56 Å². The first-order valence-electron chi connectivity index (χ1n) is 6.60. The molecule has 0 unspecified atom stereocenters. The van der Waals surface area contributed by atoms with Gasteiger partial charge in [0, 0.05) is 16.6 Å². The topological polar surface area (TPSA) is 81.0 Å². The third-order valence-electron chi connectivity index (χ3n) is 3.44. The van der Waals surface area contributed by atoms with E-state index in [-0.39, 0.29) is 12.5 Å². The number of hydrogen-bond acceptors (Lipinski definition) is 5. The van der Waals surface area contributed by atoms with Crippen LogP contribution in [0.25, 0.3) is 10.9 Å². The Morgan fingerprint density at radius 1 is 1.33 bits per heavy atom. The lowest BCUT2D eigenvalue weighted by molar-refractivity contribution is 0.0430. The summed E-state index contributed by atoms with van der Waals surface area (Å²) in [5.41, 5.74) is 3.74. The van der Waals surface area contributed by atoms with E-state index in [1.54, 1.807) is 13.0 Å². The van der Waals surface area contributed by atoms with Gasteiger partial charge in [-0.05, 0) is 44.5 Å². The second-order valence-electron chi connectivity index (χ2n) is 4.95. The average molecular weight is 285 g/mol. The van der Waals surface area contributed by atoms with Crippen molar-refractivity contribution < 1.29 is 14.1 Å². The predicted molar refractivity (Wildman–Crippen MR) is 75.9 cm³/mol. The summed E-state index contributed by atoms with van der Waals surface area (Å²) in [5, 5.41) is 4.66. The van der Waals surface area contributed by atoms with Crippen LogP contribution in [-0.4, -0.2) is 21.1 Å². The molecule has 1 N–H and O–H groups in total. The number of nitrogens with zero attached hydrogens (tertiary/aromatic N) is 2. The Bertz CT molecular complexity index is 817. The van der Waals surface area contributed by atoms with Gasteiger partial charge in [-0.3, -0.25) is 0 Å². The number of H-pyrrole nitrogens is 1. The third-order valence-corrected chi connectivity index (χ3v) is 3.44. The van der Waals surface area contributed by atoms with Crippen molar-refractivity contribution >= 4 is 16.9 Å². The van der Waals surface area contributed by atoms with Crippen LogP contribution >= 0.6 is 0 Å². The maximum absolute atomic E-state index is 12.1. The van der Waals surface area contributed by atoms with E-state index in [9.17, 15) is 4.79 Å². The molecule has 2 aromatic heterocycles. The van der Waals surface area contributed by atoms with Crippen LogP contribution in [0.2, 0.25) is 0 Å². The highest BCUT2D eigenvalue weighted by molar-refractivity contribution is 5.96. The summed E-state index contributed by atoms with van der Waals surface area (Å²) >= 11 is 0. The molecule has 6 nitrogen and oxygen atoms in total. The van der Waals surface area contributed by atoms with Gasteiger partial charge in [0.25, 0.3) is 5.89 Å². The molecule has 3 aromatic rings. The molecule has 1 aromatic carbocycles. The Morgan fingerprint density at radius 2 is 2.14 bits per heavy atom. The fourth-order valence-corrected chi connectivity index (χ4v) is 2.20. The van der Waals surface area contributed by atoms with Crippen LogP contribution in [0.4, 0.5) is 0 Å². The molecule has 0 aliphatic carbocycles. The third kappa shape index (κ3) is 2.52. The number of carbonyl (C=O) groups is 1. The van der Waals surface area contributed by atoms with E-state index < -0.39 is 5.97 Å². The van der Waals surface area contributed by atoms with Crippen molar-refractivity contribution in [2.75, 3.05) is 0 Å². The second kappa shape index (κ2) is 5.05. The van der Waals surface area contributed by atoms with Gasteiger partial charge in [-0.25, -0.2) is 4.79 Å². The van der Waals surface area contributed by atoms with Crippen molar-refractivity contribution in [2.24, 2.45) is 0 Å². The zero-order valence-corrected chi connectivity index (χ0v) is 12.1. The SMILES string of the molecule is Cc1noc(COC(=O)c2ccc3[nH]c(C)c(C)c3c2)n1. The number of carbonyl (C=O) groups excluding carboxylic acids is 1. The van der Waals surface area contributed by atoms with Gasteiger partial charge in [0.1, 0.15) is 0 Å². The predicted octanol–water partition coefficient (Wildman–Crippen LogP) is 2.83. The Morgan fingerprint density at radius 3 is 2.86 bits per heavy atom. The Hall–Kier alpha value is -2.63. The minimum absolute atomic E-state index is 0.0249. The van der Waals surface area contributed by atoms with Crippen LogP contribution in [0.3, 0.4) is 0 Å². The number of ether oxygens (including phenoxy) is 1. The Balaban J connectivity index is 1.79. The number of aryl methyl sites for hydroxylation is 3. The van der Waals surface area contributed by atoms with Crippen LogP contribution in [0, 0.1) is 20.8 Å². The monoisotopic (exact) mass is 285 g/mol. The van der Waals surface area contributed by atoms with Gasteiger partial charge in [0.2, 0.25) is 0 Å². The molecule has 0 radical (unpaired) electrons. The Kier molecular flexibility index (Phi) is 3.21. The van der Waals surface area contributed by atoms with Crippen LogP contribution < -0.4 is 0 Å². The number of hydrogen-bond donors (Lipinski definition) is 1. The maximum Gasteiger partial charge on any atom is 0.338 e. The number of benzene rings is 1. The first-order chi connectivity index (χ1) is 10.0. The molecular formula is C15H15N3O3. The summed E-state index contributed by atoms with van der Waals surface area (Å²) in [6.07, 6.45) is 0. The Labute approximate surface area is 121 Å². The van der Waals surface area contributed by atoms with E-state index >= 15 is 0 Å². The van der Waals surface area contributed by atoms with Gasteiger partial charge in [-0.1, -0.05) is 5.16 Å². The fraction of sp³-hybridized carbons (Fsp3) is 0.267. The number of rotatable bonds is 3. The maximum atomic E-state index is 12.1. The molecular weight excluding hydrogens is 270 g/mol. The van der Waals surface area contributed by atoms with E-state index in [4.69, 9.17) is 9.26 Å². The van der Waals surface area contributed by atoms with Gasteiger partial charge in [0.15, 0.2) is 12.4 Å². The van der Waals surface area contributed by atoms with E-state index in [1.165, 1.54) is 0 Å². The summed E-state index contributed by atoms with van der Waals surface area (Å²) < 4.78 is 10.1. The minimum Gasteiger partial charge on any atom is -0.452 e. The van der Waals surface area contributed by atoms with Crippen LogP contribution in [0.1, 0.15) is 33.3 Å². The summed E-state index contributed by atoms with van der Waals surface area (Å²) in [5.74, 6) is 0.391.